The molecule has 0 atom stereocenters. The van der Waals surface area contributed by atoms with Gasteiger partial charge in [0.15, 0.2) is 17.0 Å². The summed E-state index contributed by atoms with van der Waals surface area (Å²) in [4.78, 5) is 18.0. The van der Waals surface area contributed by atoms with Gasteiger partial charge in [-0.15, -0.1) is 0 Å². The number of aryl methyl sites for hydroxylation is 1. The molecule has 0 spiro atoms. The smallest absolute Gasteiger partial charge is 0.320 e. The van der Waals surface area contributed by atoms with E-state index >= 15 is 0 Å². The van der Waals surface area contributed by atoms with Gasteiger partial charge < -0.3 is 24.8 Å². The average Bonchev–Trinajstić information content (AvgIpc) is 3.23. The minimum atomic E-state index is 0.226. The summed E-state index contributed by atoms with van der Waals surface area (Å²) < 4.78 is 18.1. The Bertz CT molecular complexity index is 1110. The van der Waals surface area contributed by atoms with E-state index in [-0.39, 0.29) is 11.8 Å². The predicted octanol–water partition coefficient (Wildman–Crippen LogP) is 2.81. The molecule has 2 N–H and O–H groups in total. The van der Waals surface area contributed by atoms with Crippen molar-refractivity contribution in [3.63, 3.8) is 0 Å². The molecule has 10 heteroatoms. The number of imidazole rings is 1. The molecule has 36 heavy (non-hydrogen) atoms. The normalized spacial score (nSPS) is 15.1. The topological polar surface area (TPSA) is 104 Å². The first-order valence-corrected chi connectivity index (χ1v) is 12.6. The van der Waals surface area contributed by atoms with Gasteiger partial charge in [-0.3, -0.25) is 9.47 Å². The van der Waals surface area contributed by atoms with Gasteiger partial charge in [0, 0.05) is 26.7 Å². The highest BCUT2D eigenvalue weighted by Crippen LogP contribution is 2.28. The molecule has 0 radical (unpaired) electrons. The fourth-order valence-corrected chi connectivity index (χ4v) is 4.74. The van der Waals surface area contributed by atoms with Gasteiger partial charge in [0.2, 0.25) is 0 Å². The number of nitrogens with zero attached hydrogens (tertiary/aromatic N) is 6. The second-order valence-electron chi connectivity index (χ2n) is 9.72. The molecule has 1 aliphatic rings. The summed E-state index contributed by atoms with van der Waals surface area (Å²) in [5.74, 6) is 0.926. The van der Waals surface area contributed by atoms with Gasteiger partial charge in [-0.25, -0.2) is 0 Å². The molecule has 2 aromatic heterocycles. The zero-order chi connectivity index (χ0) is 25.5. The SMILES string of the molecule is COCCOc1nc(N)c2nc(OC)n(CCC3CCN(Cc4ccc(CN(C)C)cc4)CC3)c2n1. The number of rotatable bonds is 12. The van der Waals surface area contributed by atoms with Gasteiger partial charge in [0.25, 0.3) is 6.01 Å². The van der Waals surface area contributed by atoms with Gasteiger partial charge in [-0.05, 0) is 63.5 Å². The fraction of sp³-hybridized carbons (Fsp3) is 0.577. The van der Waals surface area contributed by atoms with Crippen LogP contribution in [0.15, 0.2) is 24.3 Å². The van der Waals surface area contributed by atoms with Crippen molar-refractivity contribution in [2.75, 3.05) is 60.4 Å². The summed E-state index contributed by atoms with van der Waals surface area (Å²) in [5, 5.41) is 0. The molecule has 0 saturated carbocycles. The van der Waals surface area contributed by atoms with Crippen LogP contribution >= 0.6 is 0 Å². The van der Waals surface area contributed by atoms with Crippen LogP contribution in [0.1, 0.15) is 30.4 Å². The van der Waals surface area contributed by atoms with E-state index in [1.807, 2.05) is 4.57 Å². The first-order chi connectivity index (χ1) is 17.5. The molecule has 0 amide bonds. The second-order valence-corrected chi connectivity index (χ2v) is 9.72. The van der Waals surface area contributed by atoms with E-state index in [0.717, 1.165) is 39.1 Å². The minimum absolute atomic E-state index is 0.226. The second kappa shape index (κ2) is 12.3. The summed E-state index contributed by atoms with van der Waals surface area (Å²) in [6.07, 6.45) is 3.38. The molecular weight excluding hydrogens is 458 g/mol. The largest absolute Gasteiger partial charge is 0.468 e. The van der Waals surface area contributed by atoms with E-state index in [2.05, 4.69) is 63.1 Å². The third kappa shape index (κ3) is 6.63. The summed E-state index contributed by atoms with van der Waals surface area (Å²) in [7, 11) is 7.43. The van der Waals surface area contributed by atoms with Crippen molar-refractivity contribution in [2.24, 2.45) is 5.92 Å². The Balaban J connectivity index is 1.33. The molecule has 1 aliphatic heterocycles. The minimum Gasteiger partial charge on any atom is -0.468 e. The fourth-order valence-electron chi connectivity index (χ4n) is 4.74. The van der Waals surface area contributed by atoms with E-state index in [9.17, 15) is 0 Å². The Morgan fingerprint density at radius 1 is 1.00 bits per heavy atom. The number of ether oxygens (including phenoxy) is 3. The number of hydrogen-bond donors (Lipinski definition) is 1. The lowest BCUT2D eigenvalue weighted by atomic mass is 9.93. The van der Waals surface area contributed by atoms with Gasteiger partial charge in [0.1, 0.15) is 6.61 Å². The summed E-state index contributed by atoms with van der Waals surface area (Å²) in [6.45, 7) is 5.76. The van der Waals surface area contributed by atoms with Gasteiger partial charge in [-0.1, -0.05) is 24.3 Å². The lowest BCUT2D eigenvalue weighted by Gasteiger charge is -2.32. The highest BCUT2D eigenvalue weighted by molar-refractivity contribution is 5.83. The first-order valence-electron chi connectivity index (χ1n) is 12.6. The number of benzene rings is 1. The van der Waals surface area contributed by atoms with E-state index in [1.165, 1.54) is 24.0 Å². The van der Waals surface area contributed by atoms with Crippen molar-refractivity contribution in [2.45, 2.75) is 38.9 Å². The zero-order valence-corrected chi connectivity index (χ0v) is 21.9. The van der Waals surface area contributed by atoms with Crippen LogP contribution < -0.4 is 15.2 Å². The number of anilines is 1. The third-order valence-electron chi connectivity index (χ3n) is 6.66. The molecule has 1 aromatic carbocycles. The van der Waals surface area contributed by atoms with Crippen molar-refractivity contribution >= 4 is 17.0 Å². The van der Waals surface area contributed by atoms with Crippen molar-refractivity contribution in [1.29, 1.82) is 0 Å². The van der Waals surface area contributed by atoms with Crippen molar-refractivity contribution in [3.05, 3.63) is 35.4 Å². The lowest BCUT2D eigenvalue weighted by molar-refractivity contribution is 0.141. The number of methoxy groups -OCH3 is 2. The maximum atomic E-state index is 6.14. The number of nitrogens with two attached hydrogens (primary N) is 1. The van der Waals surface area contributed by atoms with Gasteiger partial charge in [-0.2, -0.15) is 15.0 Å². The molecule has 196 valence electrons. The maximum Gasteiger partial charge on any atom is 0.320 e. The Hall–Kier alpha value is -2.95. The van der Waals surface area contributed by atoms with Crippen LogP contribution in [-0.2, 0) is 24.4 Å². The van der Waals surface area contributed by atoms with Crippen LogP contribution in [0.4, 0.5) is 5.82 Å². The number of likely N-dealkylation sites (tertiary alicyclic amines) is 1. The Kier molecular flexibility index (Phi) is 8.95. The van der Waals surface area contributed by atoms with E-state index in [4.69, 9.17) is 19.9 Å². The number of nitrogen functional groups attached to an aromatic ring is 1. The third-order valence-corrected chi connectivity index (χ3v) is 6.66. The van der Waals surface area contributed by atoms with Gasteiger partial charge in [0.05, 0.1) is 13.7 Å². The summed E-state index contributed by atoms with van der Waals surface area (Å²) >= 11 is 0. The highest BCUT2D eigenvalue weighted by atomic mass is 16.5. The molecule has 0 bridgehead atoms. The van der Waals surface area contributed by atoms with Crippen LogP contribution in [0.25, 0.3) is 11.2 Å². The van der Waals surface area contributed by atoms with Crippen molar-refractivity contribution < 1.29 is 14.2 Å². The molecule has 3 heterocycles. The predicted molar refractivity (Wildman–Crippen MR) is 140 cm³/mol. The van der Waals surface area contributed by atoms with E-state index in [0.29, 0.717) is 36.3 Å². The quantitative estimate of drug-likeness (QED) is 0.378. The molecule has 10 nitrogen and oxygen atoms in total. The van der Waals surface area contributed by atoms with Crippen molar-refractivity contribution in [3.8, 4) is 12.0 Å². The van der Waals surface area contributed by atoms with Crippen LogP contribution in [0.5, 0.6) is 12.0 Å². The molecule has 1 saturated heterocycles. The van der Waals surface area contributed by atoms with E-state index in [1.54, 1.807) is 14.2 Å². The molecule has 0 aliphatic carbocycles. The monoisotopic (exact) mass is 497 g/mol. The maximum absolute atomic E-state index is 6.14. The Morgan fingerprint density at radius 2 is 1.72 bits per heavy atom. The number of hydrogen-bond acceptors (Lipinski definition) is 9. The molecule has 3 aromatic rings. The molecule has 1 fully saturated rings. The molecular formula is C26H39N7O3. The Morgan fingerprint density at radius 3 is 2.39 bits per heavy atom. The standard InChI is InChI=1S/C26H39N7O3/c1-31(2)17-20-5-7-21(8-6-20)18-32-12-9-19(10-13-32)11-14-33-24-22(28-26(33)35-4)23(27)29-25(30-24)36-16-15-34-3/h5-8,19H,9-18H2,1-4H3,(H2,27,29,30). The van der Waals surface area contributed by atoms with Gasteiger partial charge >= 0.3 is 6.01 Å². The van der Waals surface area contributed by atoms with Crippen LogP contribution in [0.2, 0.25) is 0 Å². The highest BCUT2D eigenvalue weighted by Gasteiger charge is 2.22. The Labute approximate surface area is 213 Å². The molecule has 0 unspecified atom stereocenters. The molecule has 4 rings (SSSR count). The van der Waals surface area contributed by atoms with E-state index < -0.39 is 0 Å². The number of fused-ring (bicyclic) bond motifs is 1. The van der Waals surface area contributed by atoms with Crippen LogP contribution in [0.3, 0.4) is 0 Å². The van der Waals surface area contributed by atoms with Crippen molar-refractivity contribution in [1.82, 2.24) is 29.3 Å². The van der Waals surface area contributed by atoms with Crippen LogP contribution in [0, 0.1) is 5.92 Å². The number of aromatic nitrogens is 4. The zero-order valence-electron chi connectivity index (χ0n) is 21.9. The first kappa shape index (κ1) is 26.1. The average molecular weight is 498 g/mol. The summed E-state index contributed by atoms with van der Waals surface area (Å²) in [6, 6.07) is 9.74. The number of piperidine rings is 1. The summed E-state index contributed by atoms with van der Waals surface area (Å²) in [5.41, 5.74) is 10.1. The van der Waals surface area contributed by atoms with Crippen LogP contribution in [-0.4, -0.2) is 83.9 Å². The lowest BCUT2D eigenvalue weighted by Crippen LogP contribution is -2.33.